The van der Waals surface area contributed by atoms with Gasteiger partial charge in [-0.15, -0.1) is 0 Å². The van der Waals surface area contributed by atoms with E-state index < -0.39 is 17.6 Å². The largest absolute Gasteiger partial charge is 0.321 e. The van der Waals surface area contributed by atoms with Gasteiger partial charge in [0.15, 0.2) is 5.11 Å². The Kier molecular flexibility index (Phi) is 4.82. The Bertz CT molecular complexity index is 1170. The number of carbonyl (C=O) groups is 2. The Hall–Kier alpha value is -3.58. The molecular formula is C22H16FN3O2S. The van der Waals surface area contributed by atoms with Gasteiger partial charge >= 0.3 is 0 Å². The number of para-hydroxylation sites is 2. The highest BCUT2D eigenvalue weighted by atomic mass is 32.1. The van der Waals surface area contributed by atoms with Crippen molar-refractivity contribution in [2.45, 2.75) is 6.92 Å². The lowest BCUT2D eigenvalue weighted by Gasteiger charge is -2.29. The van der Waals surface area contributed by atoms with Crippen LogP contribution in [0.3, 0.4) is 0 Å². The molecule has 29 heavy (non-hydrogen) atoms. The first kappa shape index (κ1) is 18.8. The first-order valence-electron chi connectivity index (χ1n) is 8.86. The molecule has 0 radical (unpaired) electrons. The van der Waals surface area contributed by atoms with E-state index in [0.29, 0.717) is 5.56 Å². The van der Waals surface area contributed by atoms with Crippen LogP contribution in [0.25, 0.3) is 11.8 Å². The van der Waals surface area contributed by atoms with Gasteiger partial charge in [-0.25, -0.2) is 9.29 Å². The summed E-state index contributed by atoms with van der Waals surface area (Å²) in [5, 5.41) is 2.31. The first-order chi connectivity index (χ1) is 14.0. The summed E-state index contributed by atoms with van der Waals surface area (Å²) < 4.78 is 16.2. The highest BCUT2D eigenvalue weighted by Gasteiger charge is 2.35. The summed E-state index contributed by atoms with van der Waals surface area (Å²) in [6, 6.07) is 17.3. The molecule has 2 amide bonds. The summed E-state index contributed by atoms with van der Waals surface area (Å²) in [6.45, 7) is 1.93. The van der Waals surface area contributed by atoms with Crippen molar-refractivity contribution in [2.75, 3.05) is 4.90 Å². The van der Waals surface area contributed by atoms with E-state index >= 15 is 0 Å². The van der Waals surface area contributed by atoms with Gasteiger partial charge < -0.3 is 4.57 Å². The molecule has 0 bridgehead atoms. The molecule has 0 aliphatic carbocycles. The molecule has 0 unspecified atom stereocenters. The number of nitrogens with zero attached hydrogens (tertiary/aromatic N) is 2. The zero-order valence-electron chi connectivity index (χ0n) is 15.4. The third-order valence-corrected chi connectivity index (χ3v) is 4.86. The van der Waals surface area contributed by atoms with E-state index in [1.54, 1.807) is 6.07 Å². The number of halogens is 1. The number of thiocarbonyl (C=S) groups is 1. The van der Waals surface area contributed by atoms with Crippen molar-refractivity contribution in [2.24, 2.45) is 0 Å². The van der Waals surface area contributed by atoms with Gasteiger partial charge in [0.1, 0.15) is 11.4 Å². The van der Waals surface area contributed by atoms with Crippen LogP contribution < -0.4 is 10.2 Å². The van der Waals surface area contributed by atoms with Gasteiger partial charge in [0.2, 0.25) is 0 Å². The summed E-state index contributed by atoms with van der Waals surface area (Å²) in [5.41, 5.74) is 2.45. The predicted octanol–water partition coefficient (Wildman–Crippen LogP) is 3.76. The van der Waals surface area contributed by atoms with Crippen molar-refractivity contribution in [1.82, 2.24) is 9.88 Å². The number of anilines is 1. The standard InChI is InChI=1S/C22H16FN3O2S/c1-14-11-15(13-25(14)16-7-3-2-4-8-16)12-17-20(27)24-22(29)26(21(17)28)19-10-6-5-9-18(19)23/h2-13H,1H3,(H,24,27,29)/b17-12-. The Labute approximate surface area is 172 Å². The third kappa shape index (κ3) is 3.48. The molecule has 4 rings (SSSR count). The van der Waals surface area contributed by atoms with Crippen molar-refractivity contribution >= 4 is 40.9 Å². The number of carbonyl (C=O) groups excluding carboxylic acids is 2. The van der Waals surface area contributed by atoms with Crippen LogP contribution in [0.4, 0.5) is 10.1 Å². The summed E-state index contributed by atoms with van der Waals surface area (Å²) in [7, 11) is 0. The van der Waals surface area contributed by atoms with Gasteiger partial charge in [0.25, 0.3) is 11.8 Å². The second-order valence-electron chi connectivity index (χ2n) is 6.53. The number of benzene rings is 2. The summed E-state index contributed by atoms with van der Waals surface area (Å²) in [4.78, 5) is 26.4. The van der Waals surface area contributed by atoms with Gasteiger partial charge in [-0.1, -0.05) is 30.3 Å². The molecule has 2 heterocycles. The molecule has 7 heteroatoms. The minimum atomic E-state index is -0.672. The average Bonchev–Trinajstić information content (AvgIpc) is 3.07. The lowest BCUT2D eigenvalue weighted by atomic mass is 10.1. The van der Waals surface area contributed by atoms with Crippen molar-refractivity contribution in [1.29, 1.82) is 0 Å². The van der Waals surface area contributed by atoms with Gasteiger partial charge in [-0.05, 0) is 61.1 Å². The number of aryl methyl sites for hydroxylation is 1. The summed E-state index contributed by atoms with van der Waals surface area (Å²) in [5.74, 6) is -1.89. The van der Waals surface area contributed by atoms with Crippen LogP contribution in [0, 0.1) is 12.7 Å². The molecule has 5 nitrogen and oxygen atoms in total. The lowest BCUT2D eigenvalue weighted by molar-refractivity contribution is -0.122. The highest BCUT2D eigenvalue weighted by Crippen LogP contribution is 2.25. The zero-order valence-corrected chi connectivity index (χ0v) is 16.2. The van der Waals surface area contributed by atoms with E-state index in [1.165, 1.54) is 24.3 Å². The fourth-order valence-corrected chi connectivity index (χ4v) is 3.49. The van der Waals surface area contributed by atoms with Crippen LogP contribution in [-0.4, -0.2) is 21.5 Å². The van der Waals surface area contributed by atoms with Gasteiger partial charge in [0, 0.05) is 17.6 Å². The van der Waals surface area contributed by atoms with E-state index in [4.69, 9.17) is 12.2 Å². The predicted molar refractivity (Wildman–Crippen MR) is 113 cm³/mol. The topological polar surface area (TPSA) is 54.3 Å². The van der Waals surface area contributed by atoms with Crippen molar-refractivity contribution in [3.63, 3.8) is 0 Å². The smallest absolute Gasteiger partial charge is 0.270 e. The van der Waals surface area contributed by atoms with E-state index in [1.807, 2.05) is 54.1 Å². The number of nitrogens with one attached hydrogen (secondary N) is 1. The number of amides is 2. The number of aromatic nitrogens is 1. The Morgan fingerprint density at radius 3 is 2.45 bits per heavy atom. The fourth-order valence-electron chi connectivity index (χ4n) is 3.22. The maximum atomic E-state index is 14.2. The number of hydrogen-bond donors (Lipinski definition) is 1. The first-order valence-corrected chi connectivity index (χ1v) is 9.27. The van der Waals surface area contributed by atoms with E-state index in [-0.39, 0.29) is 16.4 Å². The Morgan fingerprint density at radius 2 is 1.72 bits per heavy atom. The molecule has 1 aromatic heterocycles. The van der Waals surface area contributed by atoms with Crippen LogP contribution >= 0.6 is 12.2 Å². The second kappa shape index (κ2) is 7.44. The minimum absolute atomic E-state index is 0.00793. The molecular weight excluding hydrogens is 389 g/mol. The molecule has 1 saturated heterocycles. The van der Waals surface area contributed by atoms with E-state index in [9.17, 15) is 14.0 Å². The van der Waals surface area contributed by atoms with Crippen molar-refractivity contribution in [3.8, 4) is 5.69 Å². The SMILES string of the molecule is Cc1cc(/C=C2/C(=O)NC(=S)N(c3ccccc3F)C2=O)cn1-c1ccccc1. The van der Waals surface area contributed by atoms with Gasteiger partial charge in [-0.2, -0.15) is 0 Å². The third-order valence-electron chi connectivity index (χ3n) is 4.57. The maximum Gasteiger partial charge on any atom is 0.270 e. The Balaban J connectivity index is 1.73. The normalized spacial score (nSPS) is 15.7. The molecule has 1 N–H and O–H groups in total. The van der Waals surface area contributed by atoms with E-state index in [2.05, 4.69) is 5.32 Å². The number of rotatable bonds is 3. The van der Waals surface area contributed by atoms with Crippen LogP contribution in [-0.2, 0) is 9.59 Å². The Morgan fingerprint density at radius 1 is 1.03 bits per heavy atom. The molecule has 1 aliphatic rings. The molecule has 0 saturated carbocycles. The van der Waals surface area contributed by atoms with Crippen LogP contribution in [0.2, 0.25) is 0 Å². The van der Waals surface area contributed by atoms with Crippen LogP contribution in [0.1, 0.15) is 11.3 Å². The molecule has 2 aromatic carbocycles. The highest BCUT2D eigenvalue weighted by molar-refractivity contribution is 7.80. The van der Waals surface area contributed by atoms with Crippen LogP contribution in [0.15, 0.2) is 72.4 Å². The summed E-state index contributed by atoms with van der Waals surface area (Å²) >= 11 is 5.10. The summed E-state index contributed by atoms with van der Waals surface area (Å²) in [6.07, 6.45) is 3.32. The monoisotopic (exact) mass is 405 g/mol. The molecule has 0 atom stereocenters. The van der Waals surface area contributed by atoms with Crippen molar-refractivity contribution in [3.05, 3.63) is 89.5 Å². The van der Waals surface area contributed by atoms with Gasteiger partial charge in [0.05, 0.1) is 5.69 Å². The molecule has 3 aromatic rings. The maximum absolute atomic E-state index is 14.2. The second-order valence-corrected chi connectivity index (χ2v) is 6.92. The molecule has 1 aliphatic heterocycles. The molecule has 1 fully saturated rings. The fraction of sp³-hybridized carbons (Fsp3) is 0.0455. The molecule has 0 spiro atoms. The average molecular weight is 405 g/mol. The van der Waals surface area contributed by atoms with Crippen molar-refractivity contribution < 1.29 is 14.0 Å². The van der Waals surface area contributed by atoms with E-state index in [0.717, 1.165) is 16.3 Å². The van der Waals surface area contributed by atoms with Crippen LogP contribution in [0.5, 0.6) is 0 Å². The molecule has 144 valence electrons. The number of hydrogen-bond acceptors (Lipinski definition) is 3. The lowest BCUT2D eigenvalue weighted by Crippen LogP contribution is -2.54. The van der Waals surface area contributed by atoms with Gasteiger partial charge in [-0.3, -0.25) is 14.9 Å². The quantitative estimate of drug-likeness (QED) is 0.410. The zero-order chi connectivity index (χ0) is 20.5. The minimum Gasteiger partial charge on any atom is -0.321 e.